The van der Waals surface area contributed by atoms with Gasteiger partial charge >= 0.3 is 0 Å². The van der Waals surface area contributed by atoms with Crippen molar-refractivity contribution in [1.82, 2.24) is 0 Å². The third kappa shape index (κ3) is 2.55. The number of benzene rings is 4. The summed E-state index contributed by atoms with van der Waals surface area (Å²) in [5, 5.41) is 4.88. The molecule has 0 saturated carbocycles. The highest BCUT2D eigenvalue weighted by Crippen LogP contribution is 2.49. The highest BCUT2D eigenvalue weighted by molar-refractivity contribution is 6.06. The lowest BCUT2D eigenvalue weighted by Gasteiger charge is -2.23. The summed E-state index contributed by atoms with van der Waals surface area (Å²) in [6.45, 7) is 6.57. The Bertz CT molecular complexity index is 1520. The van der Waals surface area contributed by atoms with E-state index < -0.39 is 0 Å². The van der Waals surface area contributed by atoms with Gasteiger partial charge in [-0.3, -0.25) is 0 Å². The number of ether oxygens (including phenoxy) is 1. The van der Waals surface area contributed by atoms with Crippen LogP contribution in [-0.4, -0.2) is 0 Å². The lowest BCUT2D eigenvalue weighted by atomic mass is 9.89. The summed E-state index contributed by atoms with van der Waals surface area (Å²) in [6.07, 6.45) is 2.17. The van der Waals surface area contributed by atoms with Crippen LogP contribution in [0.4, 0.5) is 0 Å². The van der Waals surface area contributed by atoms with Crippen molar-refractivity contribution in [3.8, 4) is 33.9 Å². The van der Waals surface area contributed by atoms with Gasteiger partial charge in [0.15, 0.2) is 6.20 Å². The topological polar surface area (TPSA) is 13.1 Å². The zero-order chi connectivity index (χ0) is 21.3. The Kier molecular flexibility index (Phi) is 3.76. The van der Waals surface area contributed by atoms with Crippen molar-refractivity contribution < 1.29 is 9.30 Å². The van der Waals surface area contributed by atoms with Crippen LogP contribution >= 0.6 is 0 Å². The van der Waals surface area contributed by atoms with Crippen molar-refractivity contribution in [2.45, 2.75) is 20.8 Å². The first kappa shape index (κ1) is 18.1. The summed E-state index contributed by atoms with van der Waals surface area (Å²) in [4.78, 5) is 0. The minimum absolute atomic E-state index is 0.934. The number of rotatable bonds is 1. The fourth-order valence-electron chi connectivity index (χ4n) is 5.25. The SMILES string of the molecule is Cc1cccc(C)c1-c1cc2c3c([n+](C)ccc3c1)-c1c(cc3ccccc3c1C)O2. The molecule has 0 aliphatic carbocycles. The Labute approximate surface area is 182 Å². The second-order valence-corrected chi connectivity index (χ2v) is 8.68. The van der Waals surface area contributed by atoms with Gasteiger partial charge in [0, 0.05) is 6.07 Å². The molecule has 0 atom stereocenters. The number of fused-ring (bicyclic) bond motifs is 3. The molecule has 1 aliphatic heterocycles. The molecule has 0 unspecified atom stereocenters. The van der Waals surface area contributed by atoms with Crippen LogP contribution in [0, 0.1) is 20.8 Å². The molecule has 0 spiro atoms. The highest BCUT2D eigenvalue weighted by Gasteiger charge is 2.30. The van der Waals surface area contributed by atoms with Crippen LogP contribution in [0.1, 0.15) is 16.7 Å². The molecule has 0 saturated heterocycles. The summed E-state index contributed by atoms with van der Waals surface area (Å²) in [7, 11) is 2.13. The van der Waals surface area contributed by atoms with Crippen LogP contribution in [0.25, 0.3) is 43.9 Å². The Morgan fingerprint density at radius 2 is 1.48 bits per heavy atom. The van der Waals surface area contributed by atoms with Gasteiger partial charge in [0.25, 0.3) is 0 Å². The van der Waals surface area contributed by atoms with Crippen LogP contribution in [0.3, 0.4) is 0 Å². The predicted molar refractivity (Wildman–Crippen MR) is 128 cm³/mol. The molecular weight excluding hydrogens is 378 g/mol. The molecule has 31 heavy (non-hydrogen) atoms. The largest absolute Gasteiger partial charge is 0.456 e. The smallest absolute Gasteiger partial charge is 0.228 e. The maximum atomic E-state index is 6.62. The van der Waals surface area contributed by atoms with Gasteiger partial charge in [-0.05, 0) is 82.9 Å². The third-order valence-corrected chi connectivity index (χ3v) is 6.70. The van der Waals surface area contributed by atoms with E-state index in [1.54, 1.807) is 0 Å². The first-order valence-electron chi connectivity index (χ1n) is 10.8. The first-order chi connectivity index (χ1) is 15.0. The van der Waals surface area contributed by atoms with Crippen LogP contribution < -0.4 is 9.30 Å². The number of hydrogen-bond acceptors (Lipinski definition) is 1. The molecule has 0 fully saturated rings. The van der Waals surface area contributed by atoms with E-state index in [9.17, 15) is 0 Å². The monoisotopic (exact) mass is 402 g/mol. The van der Waals surface area contributed by atoms with Crippen molar-refractivity contribution >= 4 is 21.5 Å². The molecule has 0 bridgehead atoms. The summed E-state index contributed by atoms with van der Waals surface area (Å²) in [6, 6.07) is 24.0. The van der Waals surface area contributed by atoms with Gasteiger partial charge in [-0.15, -0.1) is 0 Å². The normalized spacial score (nSPS) is 12.1. The lowest BCUT2D eigenvalue weighted by Crippen LogP contribution is -2.31. The van der Waals surface area contributed by atoms with E-state index in [0.717, 1.165) is 11.5 Å². The fourth-order valence-corrected chi connectivity index (χ4v) is 5.25. The van der Waals surface area contributed by atoms with Crippen molar-refractivity contribution in [2.24, 2.45) is 7.05 Å². The molecule has 0 amide bonds. The molecule has 150 valence electrons. The van der Waals surface area contributed by atoms with E-state index in [2.05, 4.69) is 105 Å². The summed E-state index contributed by atoms with van der Waals surface area (Å²) in [5.41, 5.74) is 8.75. The molecule has 2 nitrogen and oxygen atoms in total. The Balaban J connectivity index is 1.72. The maximum absolute atomic E-state index is 6.62. The van der Waals surface area contributed by atoms with Gasteiger partial charge in [-0.25, -0.2) is 4.57 Å². The molecule has 2 heteroatoms. The number of hydrogen-bond donors (Lipinski definition) is 0. The average molecular weight is 403 g/mol. The molecule has 0 N–H and O–H groups in total. The zero-order valence-electron chi connectivity index (χ0n) is 18.3. The summed E-state index contributed by atoms with van der Waals surface area (Å²) in [5.74, 6) is 1.87. The fraction of sp³-hybridized carbons (Fsp3) is 0.138. The lowest BCUT2D eigenvalue weighted by molar-refractivity contribution is -0.659. The maximum Gasteiger partial charge on any atom is 0.228 e. The van der Waals surface area contributed by atoms with Crippen LogP contribution in [-0.2, 0) is 7.05 Å². The van der Waals surface area contributed by atoms with Crippen molar-refractivity contribution in [1.29, 1.82) is 0 Å². The predicted octanol–water partition coefficient (Wildman–Crippen LogP) is 7.18. The molecule has 0 radical (unpaired) electrons. The van der Waals surface area contributed by atoms with Crippen LogP contribution in [0.5, 0.6) is 11.5 Å². The number of pyridine rings is 1. The number of aryl methyl sites for hydroxylation is 4. The Morgan fingerprint density at radius 1 is 0.710 bits per heavy atom. The van der Waals surface area contributed by atoms with Crippen molar-refractivity contribution in [3.63, 3.8) is 0 Å². The van der Waals surface area contributed by atoms with Gasteiger partial charge in [0.2, 0.25) is 5.69 Å². The van der Waals surface area contributed by atoms with E-state index >= 15 is 0 Å². The molecule has 1 aromatic heterocycles. The third-order valence-electron chi connectivity index (χ3n) is 6.70. The zero-order valence-corrected chi connectivity index (χ0v) is 18.3. The average Bonchev–Trinajstić information content (AvgIpc) is 2.75. The Morgan fingerprint density at radius 3 is 2.29 bits per heavy atom. The van der Waals surface area contributed by atoms with Gasteiger partial charge in [-0.2, -0.15) is 0 Å². The number of nitrogens with zero attached hydrogens (tertiary/aromatic N) is 1. The number of aromatic nitrogens is 1. The van der Waals surface area contributed by atoms with Gasteiger partial charge in [0.1, 0.15) is 18.5 Å². The van der Waals surface area contributed by atoms with E-state index in [0.29, 0.717) is 0 Å². The second-order valence-electron chi connectivity index (χ2n) is 8.68. The van der Waals surface area contributed by atoms with Crippen molar-refractivity contribution in [3.05, 3.63) is 89.6 Å². The van der Waals surface area contributed by atoms with Crippen LogP contribution in [0.15, 0.2) is 72.9 Å². The van der Waals surface area contributed by atoms with Gasteiger partial charge < -0.3 is 4.74 Å². The van der Waals surface area contributed by atoms with E-state index in [1.807, 2.05) is 0 Å². The van der Waals surface area contributed by atoms with E-state index in [4.69, 9.17) is 4.74 Å². The Hall–Kier alpha value is -3.65. The molecular formula is C29H24NO+. The van der Waals surface area contributed by atoms with Crippen LogP contribution in [0.2, 0.25) is 0 Å². The quantitative estimate of drug-likeness (QED) is 0.265. The minimum Gasteiger partial charge on any atom is -0.456 e. The molecule has 4 aromatic carbocycles. The first-order valence-corrected chi connectivity index (χ1v) is 10.8. The summed E-state index contributed by atoms with van der Waals surface area (Å²) < 4.78 is 8.85. The second kappa shape index (κ2) is 6.42. The van der Waals surface area contributed by atoms with E-state index in [1.165, 1.54) is 60.6 Å². The van der Waals surface area contributed by atoms with Gasteiger partial charge in [-0.1, -0.05) is 42.5 Å². The van der Waals surface area contributed by atoms with Crippen molar-refractivity contribution in [2.75, 3.05) is 0 Å². The van der Waals surface area contributed by atoms with E-state index in [-0.39, 0.29) is 0 Å². The molecule has 2 heterocycles. The minimum atomic E-state index is 0.934. The highest BCUT2D eigenvalue weighted by atomic mass is 16.5. The molecule has 5 aromatic rings. The van der Waals surface area contributed by atoms with Gasteiger partial charge in [0.05, 0.1) is 10.9 Å². The summed E-state index contributed by atoms with van der Waals surface area (Å²) >= 11 is 0. The molecule has 6 rings (SSSR count). The molecule has 1 aliphatic rings. The standard InChI is InChI=1S/C29H24NO/c1-17-8-7-9-18(2)26(17)22-14-21-12-13-30(4)29-27-19(3)23-11-6-5-10-20(23)15-24(27)31-25(16-22)28(21)29/h5-16H,1-4H3/q+1.